The smallest absolute Gasteiger partial charge is 0.0994 e. The van der Waals surface area contributed by atoms with Crippen molar-refractivity contribution in [2.45, 2.75) is 25.3 Å². The molecule has 0 radical (unpaired) electrons. The van der Waals surface area contributed by atoms with Crippen LogP contribution in [0.25, 0.3) is 0 Å². The molecule has 0 fully saturated rings. The summed E-state index contributed by atoms with van der Waals surface area (Å²) in [6.45, 7) is 1.04. The van der Waals surface area contributed by atoms with E-state index in [0.29, 0.717) is 6.04 Å². The lowest BCUT2D eigenvalue weighted by molar-refractivity contribution is 0.476. The van der Waals surface area contributed by atoms with Crippen LogP contribution in [0.3, 0.4) is 0 Å². The number of halogens is 2. The largest absolute Gasteiger partial charge is 0.309 e. The second kappa shape index (κ2) is 5.96. The molecule has 16 heavy (non-hydrogen) atoms. The lowest BCUT2D eigenvalue weighted by atomic mass is 9.91. The molecule has 0 amide bonds. The Morgan fingerprint density at radius 3 is 3.00 bits per heavy atom. The molecule has 0 spiro atoms. The number of thioether (sulfide) groups is 1. The fourth-order valence-electron chi connectivity index (χ4n) is 2.17. The van der Waals surface area contributed by atoms with Crippen LogP contribution in [0.5, 0.6) is 0 Å². The van der Waals surface area contributed by atoms with Gasteiger partial charge in [-0.15, -0.1) is 11.3 Å². The van der Waals surface area contributed by atoms with Gasteiger partial charge in [0.15, 0.2) is 0 Å². The van der Waals surface area contributed by atoms with Crippen LogP contribution in [-0.2, 0) is 6.42 Å². The third-order valence-corrected chi connectivity index (χ3v) is 5.25. The summed E-state index contributed by atoms with van der Waals surface area (Å²) in [7, 11) is 0. The van der Waals surface area contributed by atoms with E-state index in [1.165, 1.54) is 35.3 Å². The van der Waals surface area contributed by atoms with Crippen molar-refractivity contribution in [2.75, 3.05) is 18.6 Å². The monoisotopic (exact) mass is 295 g/mol. The van der Waals surface area contributed by atoms with E-state index in [9.17, 15) is 0 Å². The maximum Gasteiger partial charge on any atom is 0.0994 e. The highest BCUT2D eigenvalue weighted by atomic mass is 35.5. The van der Waals surface area contributed by atoms with Gasteiger partial charge in [-0.1, -0.05) is 23.2 Å². The molecule has 1 aliphatic carbocycles. The zero-order chi connectivity index (χ0) is 11.5. The Kier molecular flexibility index (Phi) is 4.86. The maximum absolute atomic E-state index is 6.26. The van der Waals surface area contributed by atoms with E-state index in [4.69, 9.17) is 23.2 Å². The second-order valence-electron chi connectivity index (χ2n) is 3.93. The predicted octanol–water partition coefficient (Wildman–Crippen LogP) is 4.38. The van der Waals surface area contributed by atoms with Gasteiger partial charge in [0.05, 0.1) is 8.67 Å². The highest BCUT2D eigenvalue weighted by molar-refractivity contribution is 7.98. The Hall–Kier alpha value is 0.590. The molecule has 5 heteroatoms. The number of hydrogen-bond donors (Lipinski definition) is 1. The first kappa shape index (κ1) is 13.0. The third-order valence-electron chi connectivity index (χ3n) is 2.92. The van der Waals surface area contributed by atoms with Crippen molar-refractivity contribution in [2.24, 2.45) is 0 Å². The zero-order valence-electron chi connectivity index (χ0n) is 9.19. The molecule has 1 heterocycles. The second-order valence-corrected chi connectivity index (χ2v) is 7.14. The summed E-state index contributed by atoms with van der Waals surface area (Å²) in [6, 6.07) is 0.409. The van der Waals surface area contributed by atoms with Gasteiger partial charge in [0.1, 0.15) is 0 Å². The first-order valence-corrected chi connectivity index (χ1v) is 8.39. The molecular weight excluding hydrogens is 281 g/mol. The highest BCUT2D eigenvalue weighted by Gasteiger charge is 2.26. The normalized spacial score (nSPS) is 19.8. The summed E-state index contributed by atoms with van der Waals surface area (Å²) < 4.78 is 1.76. The summed E-state index contributed by atoms with van der Waals surface area (Å²) in [4.78, 5) is 0. The number of fused-ring (bicyclic) bond motifs is 1. The van der Waals surface area contributed by atoms with Crippen molar-refractivity contribution in [1.29, 1.82) is 0 Å². The van der Waals surface area contributed by atoms with Gasteiger partial charge in [0.2, 0.25) is 0 Å². The van der Waals surface area contributed by atoms with Crippen LogP contribution in [0, 0.1) is 0 Å². The van der Waals surface area contributed by atoms with Crippen LogP contribution in [-0.4, -0.2) is 18.6 Å². The van der Waals surface area contributed by atoms with Crippen molar-refractivity contribution in [3.05, 3.63) is 19.8 Å². The average molecular weight is 296 g/mol. The Morgan fingerprint density at radius 2 is 2.25 bits per heavy atom. The summed E-state index contributed by atoms with van der Waals surface area (Å²) >= 11 is 15.8. The first-order chi connectivity index (χ1) is 7.74. The third kappa shape index (κ3) is 2.70. The number of rotatable bonds is 4. The Morgan fingerprint density at radius 1 is 1.44 bits per heavy atom. The molecule has 0 bridgehead atoms. The molecule has 0 saturated heterocycles. The Labute approximate surface area is 115 Å². The summed E-state index contributed by atoms with van der Waals surface area (Å²) in [5.41, 5.74) is 2.55. The van der Waals surface area contributed by atoms with Gasteiger partial charge in [0.25, 0.3) is 0 Å². The van der Waals surface area contributed by atoms with Gasteiger partial charge in [-0.05, 0) is 31.1 Å². The van der Waals surface area contributed by atoms with E-state index in [2.05, 4.69) is 11.6 Å². The molecule has 1 N–H and O–H groups in total. The van der Waals surface area contributed by atoms with Crippen LogP contribution in [0.4, 0.5) is 0 Å². The van der Waals surface area contributed by atoms with Crippen molar-refractivity contribution in [3.63, 3.8) is 0 Å². The van der Waals surface area contributed by atoms with Crippen LogP contribution in [0.1, 0.15) is 30.0 Å². The van der Waals surface area contributed by atoms with Crippen molar-refractivity contribution >= 4 is 46.3 Å². The van der Waals surface area contributed by atoms with Crippen molar-refractivity contribution in [3.8, 4) is 0 Å². The molecule has 1 aromatic rings. The van der Waals surface area contributed by atoms with Crippen molar-refractivity contribution in [1.82, 2.24) is 5.32 Å². The summed E-state index contributed by atoms with van der Waals surface area (Å²) in [5.74, 6) is 1.14. The molecule has 90 valence electrons. The fourth-order valence-corrected chi connectivity index (χ4v) is 4.38. The SMILES string of the molecule is CSCCNC1CCCc2c(Cl)sc(Cl)c21. The minimum atomic E-state index is 0.409. The van der Waals surface area contributed by atoms with Crippen LogP contribution < -0.4 is 5.32 Å². The van der Waals surface area contributed by atoms with Crippen LogP contribution >= 0.6 is 46.3 Å². The summed E-state index contributed by atoms with van der Waals surface area (Å²) in [5, 5.41) is 3.58. The van der Waals surface area contributed by atoms with E-state index in [1.807, 2.05) is 11.8 Å². The first-order valence-electron chi connectivity index (χ1n) is 5.43. The molecule has 2 rings (SSSR count). The molecule has 1 unspecified atom stereocenters. The van der Waals surface area contributed by atoms with Gasteiger partial charge in [-0.2, -0.15) is 11.8 Å². The quantitative estimate of drug-likeness (QED) is 0.827. The van der Waals surface area contributed by atoms with E-state index in [0.717, 1.165) is 27.4 Å². The maximum atomic E-state index is 6.26. The molecule has 1 atom stereocenters. The number of nitrogens with one attached hydrogen (secondary N) is 1. The Balaban J connectivity index is 2.13. The molecule has 0 aliphatic heterocycles. The molecular formula is C11H15Cl2NS2. The minimum absolute atomic E-state index is 0.409. The molecule has 1 aliphatic rings. The molecule has 0 aromatic carbocycles. The number of thiophene rings is 1. The lowest BCUT2D eigenvalue weighted by Crippen LogP contribution is -2.26. The number of hydrogen-bond acceptors (Lipinski definition) is 3. The highest BCUT2D eigenvalue weighted by Crippen LogP contribution is 2.44. The predicted molar refractivity (Wildman–Crippen MR) is 76.4 cm³/mol. The zero-order valence-corrected chi connectivity index (χ0v) is 12.3. The topological polar surface area (TPSA) is 12.0 Å². The van der Waals surface area contributed by atoms with Crippen LogP contribution in [0.15, 0.2) is 0 Å². The molecule has 1 aromatic heterocycles. The minimum Gasteiger partial charge on any atom is -0.309 e. The van der Waals surface area contributed by atoms with Crippen LogP contribution in [0.2, 0.25) is 8.67 Å². The van der Waals surface area contributed by atoms with E-state index < -0.39 is 0 Å². The average Bonchev–Trinajstić information content (AvgIpc) is 2.56. The Bertz CT molecular complexity index is 365. The molecule has 1 nitrogen and oxygen atoms in total. The fraction of sp³-hybridized carbons (Fsp3) is 0.636. The van der Waals surface area contributed by atoms with Gasteiger partial charge in [0, 0.05) is 23.9 Å². The van der Waals surface area contributed by atoms with Crippen molar-refractivity contribution < 1.29 is 0 Å². The van der Waals surface area contributed by atoms with E-state index >= 15 is 0 Å². The van der Waals surface area contributed by atoms with Gasteiger partial charge < -0.3 is 5.32 Å². The van der Waals surface area contributed by atoms with Gasteiger partial charge in [-0.25, -0.2) is 0 Å². The van der Waals surface area contributed by atoms with E-state index in [-0.39, 0.29) is 0 Å². The summed E-state index contributed by atoms with van der Waals surface area (Å²) in [6.07, 6.45) is 5.59. The van der Waals surface area contributed by atoms with Gasteiger partial charge in [-0.3, -0.25) is 0 Å². The molecule has 0 saturated carbocycles. The lowest BCUT2D eigenvalue weighted by Gasteiger charge is -2.24. The van der Waals surface area contributed by atoms with E-state index in [1.54, 1.807) is 0 Å². The van der Waals surface area contributed by atoms with Gasteiger partial charge >= 0.3 is 0 Å². The standard InChI is InChI=1S/C11H15Cl2NS2/c1-15-6-5-14-8-4-2-3-7-9(8)11(13)16-10(7)12/h8,14H,2-6H2,1H3.